The Morgan fingerprint density at radius 2 is 1.88 bits per heavy atom. The van der Waals surface area contributed by atoms with Gasteiger partial charge in [0.2, 0.25) is 10.0 Å². The number of sulfonamides is 1. The molecule has 0 aliphatic carbocycles. The highest BCUT2D eigenvalue weighted by atomic mass is 32.2. The average molecular weight is 364 g/mol. The number of hydrogen-bond acceptors (Lipinski definition) is 5. The third kappa shape index (κ3) is 3.24. The lowest BCUT2D eigenvalue weighted by Crippen LogP contribution is -2.23. The van der Waals surface area contributed by atoms with E-state index in [1.54, 1.807) is 26.2 Å². The Labute approximate surface area is 145 Å². The summed E-state index contributed by atoms with van der Waals surface area (Å²) in [7, 11) is -0.479. The summed E-state index contributed by atoms with van der Waals surface area (Å²) < 4.78 is 35.6. The maximum absolute atomic E-state index is 12.5. The van der Waals surface area contributed by atoms with Crippen molar-refractivity contribution in [3.05, 3.63) is 46.2 Å². The second-order valence-corrected chi connectivity index (χ2v) is 7.68. The van der Waals surface area contributed by atoms with Crippen LogP contribution in [0.1, 0.15) is 24.8 Å². The molecule has 0 aliphatic heterocycles. The van der Waals surface area contributed by atoms with Gasteiger partial charge in [0.25, 0.3) is 0 Å². The quantitative estimate of drug-likeness (QED) is 0.711. The van der Waals surface area contributed by atoms with Crippen LogP contribution in [0.5, 0.6) is 0 Å². The van der Waals surface area contributed by atoms with E-state index in [-0.39, 0.29) is 17.1 Å². The number of imidazole rings is 1. The maximum Gasteiger partial charge on any atom is 0.328 e. The molecule has 3 rings (SSSR count). The molecule has 25 heavy (non-hydrogen) atoms. The van der Waals surface area contributed by atoms with E-state index in [0.29, 0.717) is 16.8 Å². The van der Waals surface area contributed by atoms with Crippen molar-refractivity contribution in [3.63, 3.8) is 0 Å². The zero-order chi connectivity index (χ0) is 18.2. The van der Waals surface area contributed by atoms with E-state index >= 15 is 0 Å². The van der Waals surface area contributed by atoms with Gasteiger partial charge in [-0.3, -0.25) is 9.13 Å². The van der Waals surface area contributed by atoms with Crippen molar-refractivity contribution < 1.29 is 12.9 Å². The minimum atomic E-state index is -3.74. The molecule has 0 bridgehead atoms. The molecule has 0 aliphatic rings. The molecular formula is C16H20N4O4S. The topological polar surface area (TPSA) is 99.1 Å². The second kappa shape index (κ2) is 6.49. The largest absolute Gasteiger partial charge is 0.360 e. The molecular weight excluding hydrogens is 344 g/mol. The minimum absolute atomic E-state index is 0.0187. The highest BCUT2D eigenvalue weighted by Gasteiger charge is 2.18. The van der Waals surface area contributed by atoms with Gasteiger partial charge in [-0.2, -0.15) is 0 Å². The van der Waals surface area contributed by atoms with Crippen molar-refractivity contribution in [2.24, 2.45) is 14.1 Å². The van der Waals surface area contributed by atoms with Crippen molar-refractivity contribution in [3.8, 4) is 0 Å². The molecule has 0 unspecified atom stereocenters. The zero-order valence-corrected chi connectivity index (χ0v) is 15.1. The summed E-state index contributed by atoms with van der Waals surface area (Å²) in [5.74, 6) is 0.459. The lowest BCUT2D eigenvalue weighted by atomic mass is 10.2. The van der Waals surface area contributed by atoms with E-state index in [0.717, 1.165) is 18.5 Å². The molecule has 0 fully saturated rings. The molecule has 0 radical (unpaired) electrons. The normalized spacial score (nSPS) is 12.1. The van der Waals surface area contributed by atoms with Crippen LogP contribution >= 0.6 is 0 Å². The van der Waals surface area contributed by atoms with Crippen molar-refractivity contribution in [1.29, 1.82) is 0 Å². The third-order valence-corrected chi connectivity index (χ3v) is 5.50. The molecule has 1 aromatic carbocycles. The molecule has 2 aromatic heterocycles. The number of rotatable bonds is 6. The van der Waals surface area contributed by atoms with Crippen LogP contribution in [0.3, 0.4) is 0 Å². The first kappa shape index (κ1) is 17.4. The fourth-order valence-electron chi connectivity index (χ4n) is 2.72. The van der Waals surface area contributed by atoms with Crippen molar-refractivity contribution in [2.45, 2.75) is 31.2 Å². The number of hydrogen-bond donors (Lipinski definition) is 1. The Hall–Kier alpha value is -2.39. The van der Waals surface area contributed by atoms with Gasteiger partial charge in [-0.15, -0.1) is 0 Å². The standard InChI is InChI=1S/C16H20N4O4S/c1-4-5-11-8-12(24-18-11)10-17-25(22,23)13-6-7-14-15(9-13)20(3)16(21)19(14)2/h6-9,17H,4-5,10H2,1-3H3. The van der Waals surface area contributed by atoms with Crippen LogP contribution in [0.25, 0.3) is 11.0 Å². The molecule has 0 atom stereocenters. The van der Waals surface area contributed by atoms with Gasteiger partial charge in [0.15, 0.2) is 5.76 Å². The molecule has 0 saturated carbocycles. The molecule has 9 heteroatoms. The van der Waals surface area contributed by atoms with Crippen molar-refractivity contribution >= 4 is 21.1 Å². The zero-order valence-electron chi connectivity index (χ0n) is 14.3. The molecule has 2 heterocycles. The van der Waals surface area contributed by atoms with Gasteiger partial charge < -0.3 is 4.52 Å². The first-order chi connectivity index (χ1) is 11.8. The summed E-state index contributed by atoms with van der Waals surface area (Å²) in [5, 5.41) is 3.89. The SMILES string of the molecule is CCCc1cc(CNS(=O)(=O)c2ccc3c(c2)n(C)c(=O)n3C)on1. The summed E-state index contributed by atoms with van der Waals surface area (Å²) in [6.07, 6.45) is 1.72. The molecule has 3 aromatic rings. The van der Waals surface area contributed by atoms with Gasteiger partial charge in [-0.25, -0.2) is 17.9 Å². The van der Waals surface area contributed by atoms with E-state index < -0.39 is 10.0 Å². The average Bonchev–Trinajstić information content (AvgIpc) is 3.13. The molecule has 0 spiro atoms. The predicted octanol–water partition coefficient (Wildman–Crippen LogP) is 1.30. The Bertz CT molecular complexity index is 1080. The monoisotopic (exact) mass is 364 g/mol. The van der Waals surface area contributed by atoms with Gasteiger partial charge >= 0.3 is 5.69 Å². The van der Waals surface area contributed by atoms with E-state index in [2.05, 4.69) is 9.88 Å². The fraction of sp³-hybridized carbons (Fsp3) is 0.375. The fourth-order valence-corrected chi connectivity index (χ4v) is 3.73. The molecule has 0 saturated heterocycles. The van der Waals surface area contributed by atoms with Crippen LogP contribution in [-0.4, -0.2) is 22.7 Å². The van der Waals surface area contributed by atoms with Crippen LogP contribution in [0.2, 0.25) is 0 Å². The lowest BCUT2D eigenvalue weighted by Gasteiger charge is -2.06. The summed E-state index contributed by atoms with van der Waals surface area (Å²) in [4.78, 5) is 12.0. The van der Waals surface area contributed by atoms with Gasteiger partial charge in [0.05, 0.1) is 28.2 Å². The number of benzene rings is 1. The Kier molecular flexibility index (Phi) is 4.53. The summed E-state index contributed by atoms with van der Waals surface area (Å²) >= 11 is 0. The van der Waals surface area contributed by atoms with Crippen molar-refractivity contribution in [2.75, 3.05) is 0 Å². The molecule has 134 valence electrons. The first-order valence-corrected chi connectivity index (χ1v) is 9.41. The van der Waals surface area contributed by atoms with E-state index in [9.17, 15) is 13.2 Å². The van der Waals surface area contributed by atoms with Gasteiger partial charge in [-0.1, -0.05) is 18.5 Å². The number of nitrogens with zero attached hydrogens (tertiary/aromatic N) is 3. The summed E-state index contributed by atoms with van der Waals surface area (Å²) in [6.45, 7) is 2.05. The van der Waals surface area contributed by atoms with E-state index in [1.807, 2.05) is 6.92 Å². The van der Waals surface area contributed by atoms with E-state index in [1.165, 1.54) is 21.3 Å². The van der Waals surface area contributed by atoms with Crippen LogP contribution in [0.4, 0.5) is 0 Å². The van der Waals surface area contributed by atoms with Crippen LogP contribution < -0.4 is 10.4 Å². The molecule has 0 amide bonds. The second-order valence-electron chi connectivity index (χ2n) is 5.91. The van der Waals surface area contributed by atoms with Crippen LogP contribution in [0.15, 0.2) is 38.5 Å². The highest BCUT2D eigenvalue weighted by molar-refractivity contribution is 7.89. The van der Waals surface area contributed by atoms with E-state index in [4.69, 9.17) is 4.52 Å². The third-order valence-electron chi connectivity index (χ3n) is 4.10. The lowest BCUT2D eigenvalue weighted by molar-refractivity contribution is 0.374. The minimum Gasteiger partial charge on any atom is -0.360 e. The molecule has 8 nitrogen and oxygen atoms in total. The summed E-state index contributed by atoms with van der Waals surface area (Å²) in [5.41, 5.74) is 1.83. The van der Waals surface area contributed by atoms with Crippen LogP contribution in [0, 0.1) is 0 Å². The Morgan fingerprint density at radius 1 is 1.16 bits per heavy atom. The van der Waals surface area contributed by atoms with Gasteiger partial charge in [0.1, 0.15) is 0 Å². The first-order valence-electron chi connectivity index (χ1n) is 7.93. The van der Waals surface area contributed by atoms with Crippen molar-refractivity contribution in [1.82, 2.24) is 19.0 Å². The Morgan fingerprint density at radius 3 is 2.60 bits per heavy atom. The number of nitrogens with one attached hydrogen (secondary N) is 1. The number of aryl methyl sites for hydroxylation is 3. The number of aromatic nitrogens is 3. The Balaban J connectivity index is 1.85. The van der Waals surface area contributed by atoms with Crippen LogP contribution in [-0.2, 0) is 37.1 Å². The molecule has 1 N–H and O–H groups in total. The van der Waals surface area contributed by atoms with Gasteiger partial charge in [0, 0.05) is 20.2 Å². The summed E-state index contributed by atoms with van der Waals surface area (Å²) in [6, 6.07) is 6.34. The maximum atomic E-state index is 12.5. The number of fused-ring (bicyclic) bond motifs is 1. The van der Waals surface area contributed by atoms with Gasteiger partial charge in [-0.05, 0) is 24.6 Å². The smallest absolute Gasteiger partial charge is 0.328 e. The highest BCUT2D eigenvalue weighted by Crippen LogP contribution is 2.18. The predicted molar refractivity (Wildman–Crippen MR) is 92.7 cm³/mol.